The molecule has 0 aromatic heterocycles. The summed E-state index contributed by atoms with van der Waals surface area (Å²) in [5, 5.41) is 0. The molecule has 1 aromatic rings. The minimum Gasteiger partial charge on any atom is -0.295 e. The Labute approximate surface area is 86.3 Å². The Balaban J connectivity index is 3.37. The lowest BCUT2D eigenvalue weighted by Gasteiger charge is -2.05. The summed E-state index contributed by atoms with van der Waals surface area (Å²) in [4.78, 5) is 11.2. The second-order valence-corrected chi connectivity index (χ2v) is 4.14. The van der Waals surface area contributed by atoms with Crippen molar-refractivity contribution >= 4 is 28.4 Å². The number of Topliss-reactive ketones (excluding diaryl/α,β-unsaturated/α-hetero) is 1. The molecule has 0 fully saturated rings. The summed E-state index contributed by atoms with van der Waals surface area (Å²) in [6.45, 7) is 5.60. The molecule has 0 radical (unpaired) electrons. The second kappa shape index (κ2) is 3.56. The highest BCUT2D eigenvalue weighted by atomic mass is 127. The van der Waals surface area contributed by atoms with E-state index in [1.807, 2.05) is 19.9 Å². The summed E-state index contributed by atoms with van der Waals surface area (Å²) < 4.78 is 1.16. The molecule has 0 amide bonds. The normalized spacial score (nSPS) is 10.0. The molecule has 0 spiro atoms. The first kappa shape index (κ1) is 9.71. The van der Waals surface area contributed by atoms with Crippen molar-refractivity contribution in [3.63, 3.8) is 0 Å². The first-order chi connectivity index (χ1) is 5.52. The lowest BCUT2D eigenvalue weighted by atomic mass is 10.0. The summed E-state index contributed by atoms with van der Waals surface area (Å²) in [7, 11) is 0. The van der Waals surface area contributed by atoms with Crippen LogP contribution in [0.1, 0.15) is 28.4 Å². The quantitative estimate of drug-likeness (QED) is 0.568. The van der Waals surface area contributed by atoms with Gasteiger partial charge in [0.2, 0.25) is 0 Å². The van der Waals surface area contributed by atoms with Crippen molar-refractivity contribution in [1.82, 2.24) is 0 Å². The van der Waals surface area contributed by atoms with Crippen LogP contribution in [0.25, 0.3) is 0 Å². The molecule has 0 heterocycles. The van der Waals surface area contributed by atoms with Crippen molar-refractivity contribution in [3.8, 4) is 0 Å². The van der Waals surface area contributed by atoms with Crippen LogP contribution >= 0.6 is 22.6 Å². The zero-order valence-electron chi connectivity index (χ0n) is 7.44. The third kappa shape index (κ3) is 1.86. The van der Waals surface area contributed by atoms with Gasteiger partial charge in [0.05, 0.1) is 0 Å². The molecule has 0 unspecified atom stereocenters. The van der Waals surface area contributed by atoms with E-state index < -0.39 is 0 Å². The lowest BCUT2D eigenvalue weighted by molar-refractivity contribution is 0.101. The van der Waals surface area contributed by atoms with Crippen LogP contribution in [0.4, 0.5) is 0 Å². The summed E-state index contributed by atoms with van der Waals surface area (Å²) >= 11 is 2.26. The van der Waals surface area contributed by atoms with E-state index >= 15 is 0 Å². The van der Waals surface area contributed by atoms with Crippen molar-refractivity contribution in [3.05, 3.63) is 32.4 Å². The standard InChI is InChI=1S/C10H11IO/c1-6-4-9(8(3)12)7(2)10(11)5-6/h4-5H,1-3H3. The molecule has 1 rings (SSSR count). The molecule has 0 saturated carbocycles. The van der Waals surface area contributed by atoms with Crippen LogP contribution < -0.4 is 0 Å². The predicted molar refractivity (Wildman–Crippen MR) is 58.6 cm³/mol. The lowest BCUT2D eigenvalue weighted by Crippen LogP contribution is -1.98. The number of halogens is 1. The van der Waals surface area contributed by atoms with Crippen LogP contribution in [0.2, 0.25) is 0 Å². The van der Waals surface area contributed by atoms with Crippen molar-refractivity contribution in [2.75, 3.05) is 0 Å². The molecular formula is C10H11IO. The van der Waals surface area contributed by atoms with Gasteiger partial charge in [-0.15, -0.1) is 0 Å². The Kier molecular flexibility index (Phi) is 2.88. The van der Waals surface area contributed by atoms with E-state index in [1.165, 1.54) is 0 Å². The molecule has 2 heteroatoms. The smallest absolute Gasteiger partial charge is 0.160 e. The number of hydrogen-bond donors (Lipinski definition) is 0. The average Bonchev–Trinajstić information content (AvgIpc) is 1.96. The fourth-order valence-electron chi connectivity index (χ4n) is 1.18. The van der Waals surface area contributed by atoms with Crippen LogP contribution in [0, 0.1) is 17.4 Å². The number of carbonyl (C=O) groups excluding carboxylic acids is 1. The van der Waals surface area contributed by atoms with E-state index in [-0.39, 0.29) is 5.78 Å². The molecule has 0 aliphatic rings. The minimum absolute atomic E-state index is 0.147. The molecular weight excluding hydrogens is 263 g/mol. The molecule has 64 valence electrons. The third-order valence-corrected chi connectivity index (χ3v) is 2.99. The zero-order chi connectivity index (χ0) is 9.30. The Bertz CT molecular complexity index is 329. The van der Waals surface area contributed by atoms with Gasteiger partial charge in [0, 0.05) is 9.13 Å². The fourth-order valence-corrected chi connectivity index (χ4v) is 1.96. The van der Waals surface area contributed by atoms with Gasteiger partial charge >= 0.3 is 0 Å². The third-order valence-electron chi connectivity index (χ3n) is 1.87. The van der Waals surface area contributed by atoms with Crippen LogP contribution in [0.5, 0.6) is 0 Å². The van der Waals surface area contributed by atoms with E-state index in [2.05, 4.69) is 28.7 Å². The molecule has 0 aliphatic carbocycles. The van der Waals surface area contributed by atoms with Gasteiger partial charge in [-0.2, -0.15) is 0 Å². The monoisotopic (exact) mass is 274 g/mol. The number of hydrogen-bond acceptors (Lipinski definition) is 1. The summed E-state index contributed by atoms with van der Waals surface area (Å²) in [6.07, 6.45) is 0. The van der Waals surface area contributed by atoms with Crippen molar-refractivity contribution in [2.45, 2.75) is 20.8 Å². The van der Waals surface area contributed by atoms with Crippen molar-refractivity contribution < 1.29 is 4.79 Å². The Morgan fingerprint density at radius 1 is 1.33 bits per heavy atom. The first-order valence-corrected chi connectivity index (χ1v) is 4.88. The van der Waals surface area contributed by atoms with Gasteiger partial charge in [-0.05, 0) is 66.6 Å². The zero-order valence-corrected chi connectivity index (χ0v) is 9.60. The number of benzene rings is 1. The number of carbonyl (C=O) groups is 1. The largest absolute Gasteiger partial charge is 0.295 e. The maximum atomic E-state index is 11.2. The van der Waals surface area contributed by atoms with Gasteiger partial charge in [0.25, 0.3) is 0 Å². The van der Waals surface area contributed by atoms with Crippen LogP contribution in [0.15, 0.2) is 12.1 Å². The van der Waals surface area contributed by atoms with Crippen LogP contribution in [-0.4, -0.2) is 5.78 Å². The molecule has 0 saturated heterocycles. The number of aryl methyl sites for hydroxylation is 1. The fraction of sp³-hybridized carbons (Fsp3) is 0.300. The van der Waals surface area contributed by atoms with Crippen LogP contribution in [-0.2, 0) is 0 Å². The minimum atomic E-state index is 0.147. The van der Waals surface area contributed by atoms with E-state index in [9.17, 15) is 4.79 Å². The maximum absolute atomic E-state index is 11.2. The molecule has 1 nitrogen and oxygen atoms in total. The predicted octanol–water partition coefficient (Wildman–Crippen LogP) is 3.11. The molecule has 0 N–H and O–H groups in total. The summed E-state index contributed by atoms with van der Waals surface area (Å²) in [5.41, 5.74) is 3.09. The van der Waals surface area contributed by atoms with E-state index in [0.717, 1.165) is 20.3 Å². The van der Waals surface area contributed by atoms with Gasteiger partial charge in [0.15, 0.2) is 5.78 Å². The SMILES string of the molecule is CC(=O)c1cc(C)cc(I)c1C. The van der Waals surface area contributed by atoms with Gasteiger partial charge in [0.1, 0.15) is 0 Å². The number of rotatable bonds is 1. The maximum Gasteiger partial charge on any atom is 0.160 e. The molecule has 1 aromatic carbocycles. The second-order valence-electron chi connectivity index (χ2n) is 2.98. The average molecular weight is 274 g/mol. The van der Waals surface area contributed by atoms with Crippen molar-refractivity contribution in [2.24, 2.45) is 0 Å². The first-order valence-electron chi connectivity index (χ1n) is 3.80. The highest BCUT2D eigenvalue weighted by molar-refractivity contribution is 14.1. The van der Waals surface area contributed by atoms with E-state index in [0.29, 0.717) is 0 Å². The Morgan fingerprint density at radius 3 is 2.42 bits per heavy atom. The van der Waals surface area contributed by atoms with Crippen molar-refractivity contribution in [1.29, 1.82) is 0 Å². The van der Waals surface area contributed by atoms with Gasteiger partial charge in [-0.1, -0.05) is 0 Å². The molecule has 0 bridgehead atoms. The highest BCUT2D eigenvalue weighted by Gasteiger charge is 2.06. The molecule has 0 aliphatic heterocycles. The number of ketones is 1. The summed E-state index contributed by atoms with van der Waals surface area (Å²) in [6, 6.07) is 4.03. The van der Waals surface area contributed by atoms with Crippen LogP contribution in [0.3, 0.4) is 0 Å². The molecule has 0 atom stereocenters. The molecule has 12 heavy (non-hydrogen) atoms. The summed E-state index contributed by atoms with van der Waals surface area (Å²) in [5.74, 6) is 0.147. The van der Waals surface area contributed by atoms with Gasteiger partial charge in [-0.3, -0.25) is 4.79 Å². The van der Waals surface area contributed by atoms with E-state index in [4.69, 9.17) is 0 Å². The Morgan fingerprint density at radius 2 is 1.92 bits per heavy atom. The Hall–Kier alpha value is -0.380. The van der Waals surface area contributed by atoms with Gasteiger partial charge < -0.3 is 0 Å². The van der Waals surface area contributed by atoms with E-state index in [1.54, 1.807) is 6.92 Å². The van der Waals surface area contributed by atoms with Gasteiger partial charge in [-0.25, -0.2) is 0 Å². The topological polar surface area (TPSA) is 17.1 Å². The highest BCUT2D eigenvalue weighted by Crippen LogP contribution is 2.18.